The van der Waals surface area contributed by atoms with E-state index in [2.05, 4.69) is 10.0 Å². The smallest absolute Gasteiger partial charge is 0.269 e. The van der Waals surface area contributed by atoms with Gasteiger partial charge in [-0.3, -0.25) is 19.6 Å². The van der Waals surface area contributed by atoms with E-state index in [0.717, 1.165) is 24.3 Å². The Balaban J connectivity index is 1.75. The predicted octanol–water partition coefficient (Wildman–Crippen LogP) is 4.20. The van der Waals surface area contributed by atoms with Crippen LogP contribution in [0.4, 0.5) is 17.1 Å². The summed E-state index contributed by atoms with van der Waals surface area (Å²) in [5.41, 5.74) is 1.01. The minimum atomic E-state index is -3.97. The molecule has 0 spiro atoms. The number of carbonyl (C=O) groups is 1. The molecule has 0 saturated heterocycles. The molecule has 0 radical (unpaired) electrons. The standard InChI is InChI=1S/C21H17N3O5S/c25-21(16-6-2-1-3-7-16)14-15-22-19-8-4-5-9-20(19)23-30(28,29)18-12-10-17(11-13-18)24(26)27/h1-15,22-23H/b15-14+. The maximum absolute atomic E-state index is 12.6. The van der Waals surface area contributed by atoms with Crippen LogP contribution in [0, 0.1) is 10.1 Å². The van der Waals surface area contributed by atoms with Crippen molar-refractivity contribution < 1.29 is 18.1 Å². The lowest BCUT2D eigenvalue weighted by Crippen LogP contribution is -2.14. The monoisotopic (exact) mass is 423 g/mol. The number of nitrogens with one attached hydrogen (secondary N) is 2. The maximum atomic E-state index is 12.6. The van der Waals surface area contributed by atoms with E-state index >= 15 is 0 Å². The number of non-ortho nitro benzene ring substituents is 1. The van der Waals surface area contributed by atoms with Crippen molar-refractivity contribution in [1.82, 2.24) is 0 Å². The first-order valence-electron chi connectivity index (χ1n) is 8.75. The Morgan fingerprint density at radius 2 is 1.47 bits per heavy atom. The van der Waals surface area contributed by atoms with E-state index in [1.54, 1.807) is 48.5 Å². The quantitative estimate of drug-likeness (QED) is 0.243. The van der Waals surface area contributed by atoms with Crippen molar-refractivity contribution in [1.29, 1.82) is 0 Å². The van der Waals surface area contributed by atoms with E-state index in [9.17, 15) is 23.3 Å². The zero-order valence-electron chi connectivity index (χ0n) is 15.6. The fraction of sp³-hybridized carbons (Fsp3) is 0. The highest BCUT2D eigenvalue weighted by Gasteiger charge is 2.17. The molecule has 2 N–H and O–H groups in total. The van der Waals surface area contributed by atoms with Gasteiger partial charge in [-0.05, 0) is 24.3 Å². The molecule has 152 valence electrons. The molecule has 9 heteroatoms. The number of hydrogen-bond acceptors (Lipinski definition) is 6. The van der Waals surface area contributed by atoms with Crippen LogP contribution in [-0.4, -0.2) is 19.1 Å². The molecule has 0 fully saturated rings. The number of allylic oxidation sites excluding steroid dienone is 1. The summed E-state index contributed by atoms with van der Waals surface area (Å²) in [5.74, 6) is -0.202. The van der Waals surface area contributed by atoms with Crippen LogP contribution in [0.1, 0.15) is 10.4 Å². The van der Waals surface area contributed by atoms with Gasteiger partial charge in [-0.2, -0.15) is 0 Å². The van der Waals surface area contributed by atoms with Gasteiger partial charge in [-0.25, -0.2) is 8.42 Å². The van der Waals surface area contributed by atoms with Gasteiger partial charge in [-0.15, -0.1) is 0 Å². The third kappa shape index (κ3) is 5.09. The summed E-state index contributed by atoms with van der Waals surface area (Å²) in [4.78, 5) is 22.1. The molecule has 0 aliphatic heterocycles. The van der Waals surface area contributed by atoms with Crippen LogP contribution in [0.15, 0.2) is 96.0 Å². The van der Waals surface area contributed by atoms with Gasteiger partial charge < -0.3 is 5.32 Å². The molecule has 0 saturated carbocycles. The van der Waals surface area contributed by atoms with Crippen LogP contribution in [0.25, 0.3) is 0 Å². The number of para-hydroxylation sites is 2. The minimum absolute atomic E-state index is 0.113. The molecule has 0 bridgehead atoms. The largest absolute Gasteiger partial charge is 0.360 e. The fourth-order valence-electron chi connectivity index (χ4n) is 2.55. The molecular weight excluding hydrogens is 406 g/mol. The number of benzene rings is 3. The van der Waals surface area contributed by atoms with E-state index in [-0.39, 0.29) is 22.1 Å². The average molecular weight is 423 g/mol. The molecule has 0 aliphatic carbocycles. The van der Waals surface area contributed by atoms with Gasteiger partial charge in [-0.1, -0.05) is 42.5 Å². The van der Waals surface area contributed by atoms with E-state index in [4.69, 9.17) is 0 Å². The summed E-state index contributed by atoms with van der Waals surface area (Å²) in [6.45, 7) is 0. The zero-order valence-corrected chi connectivity index (χ0v) is 16.4. The van der Waals surface area contributed by atoms with Crippen LogP contribution in [0.3, 0.4) is 0 Å². The molecule has 3 aromatic carbocycles. The molecule has 3 rings (SSSR count). The van der Waals surface area contributed by atoms with Gasteiger partial charge in [0.05, 0.1) is 21.2 Å². The van der Waals surface area contributed by atoms with Crippen molar-refractivity contribution in [2.24, 2.45) is 0 Å². The fourth-order valence-corrected chi connectivity index (χ4v) is 3.63. The number of sulfonamides is 1. The van der Waals surface area contributed by atoms with Crippen molar-refractivity contribution in [2.45, 2.75) is 4.90 Å². The van der Waals surface area contributed by atoms with Crippen molar-refractivity contribution in [2.75, 3.05) is 10.0 Å². The molecule has 0 unspecified atom stereocenters. The Morgan fingerprint density at radius 3 is 2.10 bits per heavy atom. The summed E-state index contributed by atoms with van der Waals surface area (Å²) in [6.07, 6.45) is 2.77. The lowest BCUT2D eigenvalue weighted by molar-refractivity contribution is -0.384. The first-order valence-corrected chi connectivity index (χ1v) is 10.2. The first-order chi connectivity index (χ1) is 14.4. The van der Waals surface area contributed by atoms with Gasteiger partial charge >= 0.3 is 0 Å². The van der Waals surface area contributed by atoms with E-state index in [1.807, 2.05) is 6.07 Å². The topological polar surface area (TPSA) is 118 Å². The molecule has 0 atom stereocenters. The molecule has 0 amide bonds. The Labute approximate surface area is 173 Å². The van der Waals surface area contributed by atoms with E-state index < -0.39 is 14.9 Å². The van der Waals surface area contributed by atoms with Crippen LogP contribution >= 0.6 is 0 Å². The molecule has 3 aromatic rings. The number of nitro benzene ring substituents is 1. The number of nitro groups is 1. The number of ketones is 1. The zero-order chi connectivity index (χ0) is 21.6. The molecular formula is C21H17N3O5S. The third-order valence-electron chi connectivity index (χ3n) is 4.06. The van der Waals surface area contributed by atoms with Crippen LogP contribution in [-0.2, 0) is 10.0 Å². The second-order valence-corrected chi connectivity index (χ2v) is 7.79. The predicted molar refractivity (Wildman–Crippen MR) is 114 cm³/mol. The molecule has 30 heavy (non-hydrogen) atoms. The lowest BCUT2D eigenvalue weighted by atomic mass is 10.1. The number of carbonyl (C=O) groups excluding carboxylic acids is 1. The number of anilines is 2. The first kappa shape index (κ1) is 20.7. The van der Waals surface area contributed by atoms with Crippen molar-refractivity contribution >= 4 is 32.9 Å². The van der Waals surface area contributed by atoms with Crippen LogP contribution in [0.5, 0.6) is 0 Å². The Bertz CT molecular complexity index is 1190. The second kappa shape index (κ2) is 9.01. The summed E-state index contributed by atoms with van der Waals surface area (Å²) >= 11 is 0. The van der Waals surface area contributed by atoms with Gasteiger partial charge in [0.15, 0.2) is 5.78 Å². The third-order valence-corrected chi connectivity index (χ3v) is 5.44. The summed E-state index contributed by atoms with van der Waals surface area (Å²) < 4.78 is 27.7. The number of hydrogen-bond donors (Lipinski definition) is 2. The van der Waals surface area contributed by atoms with Crippen molar-refractivity contribution in [3.05, 3.63) is 107 Å². The van der Waals surface area contributed by atoms with Crippen LogP contribution < -0.4 is 10.0 Å². The summed E-state index contributed by atoms with van der Waals surface area (Å²) in [7, 11) is -3.97. The number of rotatable bonds is 8. The van der Waals surface area contributed by atoms with Crippen molar-refractivity contribution in [3.8, 4) is 0 Å². The normalized spacial score (nSPS) is 11.2. The van der Waals surface area contributed by atoms with E-state index in [1.165, 1.54) is 12.3 Å². The highest BCUT2D eigenvalue weighted by atomic mass is 32.2. The highest BCUT2D eigenvalue weighted by Crippen LogP contribution is 2.25. The summed E-state index contributed by atoms with van der Waals surface area (Å²) in [6, 6.07) is 19.8. The Kier molecular flexibility index (Phi) is 6.23. The van der Waals surface area contributed by atoms with Crippen LogP contribution in [0.2, 0.25) is 0 Å². The SMILES string of the molecule is O=C(/C=C/Nc1ccccc1NS(=O)(=O)c1ccc([N+](=O)[O-])cc1)c1ccccc1. The maximum Gasteiger partial charge on any atom is 0.269 e. The molecule has 0 aromatic heterocycles. The molecule has 0 aliphatic rings. The second-order valence-electron chi connectivity index (χ2n) is 6.11. The highest BCUT2D eigenvalue weighted by molar-refractivity contribution is 7.92. The van der Waals surface area contributed by atoms with Crippen molar-refractivity contribution in [3.63, 3.8) is 0 Å². The van der Waals surface area contributed by atoms with Gasteiger partial charge in [0.2, 0.25) is 0 Å². The average Bonchev–Trinajstić information content (AvgIpc) is 2.75. The Morgan fingerprint density at radius 1 is 0.867 bits per heavy atom. The summed E-state index contributed by atoms with van der Waals surface area (Å²) in [5, 5.41) is 13.6. The Hall–Kier alpha value is -3.98. The van der Waals surface area contributed by atoms with Gasteiger partial charge in [0, 0.05) is 30.0 Å². The van der Waals surface area contributed by atoms with E-state index in [0.29, 0.717) is 11.3 Å². The molecule has 8 nitrogen and oxygen atoms in total. The lowest BCUT2D eigenvalue weighted by Gasteiger charge is -2.12. The minimum Gasteiger partial charge on any atom is -0.360 e. The molecule has 0 heterocycles. The van der Waals surface area contributed by atoms with Gasteiger partial charge in [0.25, 0.3) is 15.7 Å². The number of nitrogens with zero attached hydrogens (tertiary/aromatic N) is 1. The van der Waals surface area contributed by atoms with Gasteiger partial charge in [0.1, 0.15) is 0 Å².